The second kappa shape index (κ2) is 10.1. The van der Waals surface area contributed by atoms with Gasteiger partial charge in [-0.2, -0.15) is 13.1 Å². The molecule has 29 heavy (non-hydrogen) atoms. The monoisotopic (exact) mass is 424 g/mol. The summed E-state index contributed by atoms with van der Waals surface area (Å²) in [7, 11) is -3.55. The van der Waals surface area contributed by atoms with Crippen LogP contribution in [0.15, 0.2) is 59.5 Å². The van der Waals surface area contributed by atoms with Gasteiger partial charge in [-0.1, -0.05) is 38.1 Å². The van der Waals surface area contributed by atoms with Crippen LogP contribution in [-0.4, -0.2) is 38.3 Å². The first-order valence-electron chi connectivity index (χ1n) is 8.91. The standard InChI is InChI=1S/C20H22F2N2O4S/c1-3-24(4-2)29(26,27)16-12-9-15(10-13-16)11-14-19(25)23-17-7-5-6-8-18(17)28-20(21)22/h5-14,20H,3-4H2,1-2H3,(H,23,25)/b14-11+. The molecule has 2 rings (SSSR count). The first-order chi connectivity index (χ1) is 13.8. The van der Waals surface area contributed by atoms with E-state index in [0.29, 0.717) is 18.7 Å². The number of sulfonamides is 1. The Morgan fingerprint density at radius 1 is 1.10 bits per heavy atom. The molecule has 0 radical (unpaired) electrons. The lowest BCUT2D eigenvalue weighted by Crippen LogP contribution is -2.30. The SMILES string of the molecule is CCN(CC)S(=O)(=O)c1ccc(/C=C/C(=O)Nc2ccccc2OC(F)F)cc1. The third kappa shape index (κ3) is 6.10. The molecular formula is C20H22F2N2O4S. The van der Waals surface area contributed by atoms with Gasteiger partial charge >= 0.3 is 6.61 Å². The van der Waals surface area contributed by atoms with Crippen LogP contribution in [0, 0.1) is 0 Å². The van der Waals surface area contributed by atoms with Crippen LogP contribution in [0.25, 0.3) is 6.08 Å². The topological polar surface area (TPSA) is 75.7 Å². The number of alkyl halides is 2. The van der Waals surface area contributed by atoms with Crippen molar-refractivity contribution in [3.8, 4) is 5.75 Å². The van der Waals surface area contributed by atoms with Crippen molar-refractivity contribution in [2.75, 3.05) is 18.4 Å². The number of anilines is 1. The highest BCUT2D eigenvalue weighted by molar-refractivity contribution is 7.89. The van der Waals surface area contributed by atoms with Crippen molar-refractivity contribution in [2.45, 2.75) is 25.4 Å². The molecule has 0 aliphatic carbocycles. The summed E-state index contributed by atoms with van der Waals surface area (Å²) in [5, 5.41) is 2.47. The molecule has 0 aliphatic rings. The number of carbonyl (C=O) groups excluding carboxylic acids is 1. The molecule has 0 fully saturated rings. The van der Waals surface area contributed by atoms with Crippen LogP contribution in [0.3, 0.4) is 0 Å². The molecule has 0 atom stereocenters. The Labute approximate surface area is 168 Å². The maximum absolute atomic E-state index is 12.5. The Hall–Kier alpha value is -2.78. The van der Waals surface area contributed by atoms with E-state index in [0.717, 1.165) is 0 Å². The predicted molar refractivity (Wildman–Crippen MR) is 107 cm³/mol. The van der Waals surface area contributed by atoms with E-state index in [2.05, 4.69) is 10.1 Å². The molecule has 2 aromatic rings. The Bertz CT molecular complexity index is 957. The van der Waals surface area contributed by atoms with Crippen molar-refractivity contribution < 1.29 is 26.7 Å². The molecule has 0 unspecified atom stereocenters. The van der Waals surface area contributed by atoms with E-state index < -0.39 is 22.5 Å². The number of nitrogens with zero attached hydrogens (tertiary/aromatic N) is 1. The lowest BCUT2D eigenvalue weighted by atomic mass is 10.2. The van der Waals surface area contributed by atoms with E-state index in [9.17, 15) is 22.0 Å². The van der Waals surface area contributed by atoms with E-state index in [1.54, 1.807) is 32.0 Å². The number of ether oxygens (including phenoxy) is 1. The van der Waals surface area contributed by atoms with Gasteiger partial charge in [-0.25, -0.2) is 8.42 Å². The van der Waals surface area contributed by atoms with Gasteiger partial charge in [-0.15, -0.1) is 0 Å². The smallest absolute Gasteiger partial charge is 0.387 e. The fourth-order valence-electron chi connectivity index (χ4n) is 2.58. The lowest BCUT2D eigenvalue weighted by molar-refractivity contribution is -0.111. The van der Waals surface area contributed by atoms with Crippen molar-refractivity contribution in [3.05, 3.63) is 60.2 Å². The van der Waals surface area contributed by atoms with Crippen LogP contribution in [0.2, 0.25) is 0 Å². The molecule has 0 heterocycles. The molecule has 0 saturated heterocycles. The van der Waals surface area contributed by atoms with Gasteiger partial charge in [0.2, 0.25) is 15.9 Å². The second-order valence-corrected chi connectivity index (χ2v) is 7.79. The summed E-state index contributed by atoms with van der Waals surface area (Å²) in [5.74, 6) is -0.689. The second-order valence-electron chi connectivity index (χ2n) is 5.86. The van der Waals surface area contributed by atoms with Gasteiger partial charge in [0.25, 0.3) is 0 Å². The summed E-state index contributed by atoms with van der Waals surface area (Å²) in [6.07, 6.45) is 2.70. The minimum absolute atomic E-state index is 0.114. The van der Waals surface area contributed by atoms with Crippen molar-refractivity contribution in [1.82, 2.24) is 4.31 Å². The fraction of sp³-hybridized carbons (Fsp3) is 0.250. The van der Waals surface area contributed by atoms with Crippen molar-refractivity contribution in [1.29, 1.82) is 0 Å². The third-order valence-electron chi connectivity index (χ3n) is 4.01. The molecule has 0 aromatic heterocycles. The fourth-order valence-corrected chi connectivity index (χ4v) is 4.04. The molecular weight excluding hydrogens is 402 g/mol. The predicted octanol–water partition coefficient (Wildman–Crippen LogP) is 3.97. The highest BCUT2D eigenvalue weighted by atomic mass is 32.2. The molecule has 6 nitrogen and oxygen atoms in total. The molecule has 9 heteroatoms. The number of hydrogen-bond acceptors (Lipinski definition) is 4. The lowest BCUT2D eigenvalue weighted by Gasteiger charge is -2.18. The van der Waals surface area contributed by atoms with E-state index in [4.69, 9.17) is 0 Å². The van der Waals surface area contributed by atoms with E-state index in [1.807, 2.05) is 0 Å². The van der Waals surface area contributed by atoms with Gasteiger partial charge in [0.1, 0.15) is 5.75 Å². The Morgan fingerprint density at radius 3 is 2.31 bits per heavy atom. The summed E-state index contributed by atoms with van der Waals surface area (Å²) in [5.41, 5.74) is 0.721. The van der Waals surface area contributed by atoms with Crippen molar-refractivity contribution in [2.24, 2.45) is 0 Å². The summed E-state index contributed by atoms with van der Waals surface area (Å²) < 4.78 is 55.5. The average Bonchev–Trinajstić information content (AvgIpc) is 2.68. The van der Waals surface area contributed by atoms with Crippen molar-refractivity contribution in [3.63, 3.8) is 0 Å². The van der Waals surface area contributed by atoms with Gasteiger partial charge in [0, 0.05) is 19.2 Å². The van der Waals surface area contributed by atoms with E-state index in [1.165, 1.54) is 46.8 Å². The zero-order valence-electron chi connectivity index (χ0n) is 16.0. The molecule has 0 bridgehead atoms. The number of hydrogen-bond donors (Lipinski definition) is 1. The van der Waals surface area contributed by atoms with Crippen LogP contribution < -0.4 is 10.1 Å². The van der Waals surface area contributed by atoms with Crippen LogP contribution >= 0.6 is 0 Å². The minimum atomic E-state index is -3.55. The first kappa shape index (κ1) is 22.5. The minimum Gasteiger partial charge on any atom is -0.433 e. The van der Waals surface area contributed by atoms with E-state index >= 15 is 0 Å². The molecule has 0 saturated carbocycles. The maximum atomic E-state index is 12.5. The molecule has 1 amide bonds. The zero-order valence-corrected chi connectivity index (χ0v) is 16.8. The Kier molecular flexibility index (Phi) is 7.86. The van der Waals surface area contributed by atoms with Crippen molar-refractivity contribution >= 4 is 27.7 Å². The first-order valence-corrected chi connectivity index (χ1v) is 10.3. The molecule has 1 N–H and O–H groups in total. The largest absolute Gasteiger partial charge is 0.433 e. The average molecular weight is 424 g/mol. The number of rotatable bonds is 9. The van der Waals surface area contributed by atoms with E-state index in [-0.39, 0.29) is 16.3 Å². The molecule has 0 aliphatic heterocycles. The maximum Gasteiger partial charge on any atom is 0.387 e. The van der Waals surface area contributed by atoms with Gasteiger partial charge in [-0.3, -0.25) is 4.79 Å². The number of benzene rings is 2. The number of para-hydroxylation sites is 2. The number of amides is 1. The number of halogens is 2. The van der Waals surface area contributed by atoms with Crippen LogP contribution in [0.4, 0.5) is 14.5 Å². The van der Waals surface area contributed by atoms with Gasteiger partial charge in [-0.05, 0) is 35.9 Å². The zero-order chi connectivity index (χ0) is 21.4. The Balaban J connectivity index is 2.08. The highest BCUT2D eigenvalue weighted by Crippen LogP contribution is 2.25. The highest BCUT2D eigenvalue weighted by Gasteiger charge is 2.20. The summed E-state index contributed by atoms with van der Waals surface area (Å²) in [6.45, 7) is 1.27. The molecule has 2 aromatic carbocycles. The van der Waals surface area contributed by atoms with Crippen LogP contribution in [0.5, 0.6) is 5.75 Å². The van der Waals surface area contributed by atoms with Crippen LogP contribution in [0.1, 0.15) is 19.4 Å². The number of nitrogens with one attached hydrogen (secondary N) is 1. The summed E-state index contributed by atoms with van der Waals surface area (Å²) in [6, 6.07) is 11.9. The molecule has 156 valence electrons. The van der Waals surface area contributed by atoms with Gasteiger partial charge in [0.15, 0.2) is 0 Å². The van der Waals surface area contributed by atoms with Gasteiger partial charge < -0.3 is 10.1 Å². The summed E-state index contributed by atoms with van der Waals surface area (Å²) in [4.78, 5) is 12.2. The summed E-state index contributed by atoms with van der Waals surface area (Å²) >= 11 is 0. The quantitative estimate of drug-likeness (QED) is 0.618. The number of carbonyl (C=O) groups is 1. The molecule has 0 spiro atoms. The van der Waals surface area contributed by atoms with Crippen LogP contribution in [-0.2, 0) is 14.8 Å². The van der Waals surface area contributed by atoms with Gasteiger partial charge in [0.05, 0.1) is 10.6 Å². The normalized spacial score (nSPS) is 11.9. The Morgan fingerprint density at radius 2 is 1.72 bits per heavy atom. The third-order valence-corrected chi connectivity index (χ3v) is 6.08.